The molecule has 0 bridgehead atoms. The van der Waals surface area contributed by atoms with Gasteiger partial charge >= 0.3 is 11.8 Å². The second-order valence-corrected chi connectivity index (χ2v) is 3.33. The van der Waals surface area contributed by atoms with Crippen molar-refractivity contribution in [2.45, 2.75) is 6.42 Å². The number of hydrogen-bond donors (Lipinski definition) is 1. The molecule has 1 aromatic heterocycles. The Labute approximate surface area is 91.3 Å². The maximum atomic E-state index is 10.7. The summed E-state index contributed by atoms with van der Waals surface area (Å²) >= 11 is 0. The van der Waals surface area contributed by atoms with Crippen LogP contribution in [0.5, 0.6) is 0 Å². The molecule has 1 rings (SSSR count). The van der Waals surface area contributed by atoms with E-state index >= 15 is 0 Å². The molecule has 1 N–H and O–H groups in total. The first-order valence-corrected chi connectivity index (χ1v) is 4.52. The van der Waals surface area contributed by atoms with Gasteiger partial charge in [-0.2, -0.15) is 0 Å². The first-order valence-electron chi connectivity index (χ1n) is 4.52. The van der Waals surface area contributed by atoms with Crippen LogP contribution in [0.25, 0.3) is 0 Å². The average molecular weight is 228 g/mol. The van der Waals surface area contributed by atoms with Crippen LogP contribution in [-0.4, -0.2) is 39.1 Å². The van der Waals surface area contributed by atoms with Crippen LogP contribution in [0.2, 0.25) is 0 Å². The molecule has 0 radical (unpaired) electrons. The molecule has 0 unspecified atom stereocenters. The zero-order valence-corrected chi connectivity index (χ0v) is 8.95. The summed E-state index contributed by atoms with van der Waals surface area (Å²) in [7, 11) is 3.21. The van der Waals surface area contributed by atoms with Gasteiger partial charge in [0.05, 0.1) is 6.42 Å². The molecule has 0 aromatic carbocycles. The van der Waals surface area contributed by atoms with Crippen molar-refractivity contribution in [3.8, 4) is 0 Å². The minimum Gasteiger partial charge on any atom is -0.481 e. The van der Waals surface area contributed by atoms with E-state index in [0.29, 0.717) is 5.82 Å². The van der Waals surface area contributed by atoms with Crippen LogP contribution in [0.1, 0.15) is 6.42 Å². The Morgan fingerprint density at radius 1 is 1.75 bits per heavy atom. The zero-order chi connectivity index (χ0) is 12.3. The van der Waals surface area contributed by atoms with Gasteiger partial charge in [-0.15, -0.1) is 0 Å². The highest BCUT2D eigenvalue weighted by molar-refractivity contribution is 5.68. The molecule has 0 fully saturated rings. The number of anilines is 1. The van der Waals surface area contributed by atoms with E-state index in [-0.39, 0.29) is 18.8 Å². The van der Waals surface area contributed by atoms with Crippen molar-refractivity contribution in [1.82, 2.24) is 9.55 Å². The molecule has 0 aliphatic rings. The van der Waals surface area contributed by atoms with Crippen molar-refractivity contribution in [3.63, 3.8) is 0 Å². The van der Waals surface area contributed by atoms with Crippen LogP contribution in [0.3, 0.4) is 0 Å². The van der Waals surface area contributed by atoms with Gasteiger partial charge in [0.2, 0.25) is 12.1 Å². The second kappa shape index (κ2) is 4.60. The number of aryl methyl sites for hydroxylation is 1. The molecule has 8 heteroatoms. The summed E-state index contributed by atoms with van der Waals surface area (Å²) in [5.74, 6) is -0.918. The van der Waals surface area contributed by atoms with E-state index in [1.165, 1.54) is 15.8 Å². The topological polar surface area (TPSA) is 102 Å². The van der Waals surface area contributed by atoms with Gasteiger partial charge in [0.25, 0.3) is 0 Å². The monoisotopic (exact) mass is 228 g/mol. The lowest BCUT2D eigenvalue weighted by Crippen LogP contribution is -2.23. The minimum atomic E-state index is -0.948. The van der Waals surface area contributed by atoms with Crippen molar-refractivity contribution in [1.29, 1.82) is 0 Å². The lowest BCUT2D eigenvalue weighted by atomic mass is 10.4. The van der Waals surface area contributed by atoms with Gasteiger partial charge in [-0.3, -0.25) is 9.36 Å². The fourth-order valence-electron chi connectivity index (χ4n) is 1.35. The van der Waals surface area contributed by atoms with Gasteiger partial charge in [-0.25, -0.2) is 0 Å². The largest absolute Gasteiger partial charge is 0.481 e. The van der Waals surface area contributed by atoms with E-state index < -0.39 is 10.9 Å². The Morgan fingerprint density at radius 2 is 2.38 bits per heavy atom. The molecule has 8 nitrogen and oxygen atoms in total. The summed E-state index contributed by atoms with van der Waals surface area (Å²) in [5, 5.41) is 19.2. The van der Waals surface area contributed by atoms with Crippen LogP contribution in [0, 0.1) is 10.1 Å². The standard InChI is InChI=1S/C8H12N4O4/c1-10(4-3-6(13)14)8-7(12(15)16)9-5-11(8)2/h5H,3-4H2,1-2H3,(H,13,14). The molecule has 0 saturated heterocycles. The minimum absolute atomic E-state index is 0.0845. The number of nitrogens with zero attached hydrogens (tertiary/aromatic N) is 4. The van der Waals surface area contributed by atoms with E-state index in [4.69, 9.17) is 5.11 Å². The van der Waals surface area contributed by atoms with Gasteiger partial charge in [-0.1, -0.05) is 0 Å². The van der Waals surface area contributed by atoms with Crippen molar-refractivity contribution in [3.05, 3.63) is 16.4 Å². The maximum absolute atomic E-state index is 10.7. The Balaban J connectivity index is 2.89. The third-order valence-corrected chi connectivity index (χ3v) is 2.08. The Bertz CT molecular complexity index is 414. The van der Waals surface area contributed by atoms with Gasteiger partial charge in [-0.05, 0) is 9.91 Å². The fraction of sp³-hybridized carbons (Fsp3) is 0.500. The van der Waals surface area contributed by atoms with E-state index in [1.807, 2.05) is 0 Å². The summed E-state index contributed by atoms with van der Waals surface area (Å²) in [5.41, 5.74) is 0. The summed E-state index contributed by atoms with van der Waals surface area (Å²) < 4.78 is 1.49. The molecule has 0 aliphatic heterocycles. The van der Waals surface area contributed by atoms with Crippen LogP contribution in [0.15, 0.2) is 6.33 Å². The third-order valence-electron chi connectivity index (χ3n) is 2.08. The first-order chi connectivity index (χ1) is 7.43. The second-order valence-electron chi connectivity index (χ2n) is 3.33. The van der Waals surface area contributed by atoms with Gasteiger partial charge in [0.15, 0.2) is 0 Å². The highest BCUT2D eigenvalue weighted by Crippen LogP contribution is 2.24. The number of carbonyl (C=O) groups is 1. The number of hydrogen-bond acceptors (Lipinski definition) is 5. The Kier molecular flexibility index (Phi) is 3.44. The maximum Gasteiger partial charge on any atom is 0.406 e. The van der Waals surface area contributed by atoms with Crippen molar-refractivity contribution < 1.29 is 14.8 Å². The average Bonchev–Trinajstić information content (AvgIpc) is 2.56. The summed E-state index contributed by atoms with van der Waals surface area (Å²) in [4.78, 5) is 25.6. The third kappa shape index (κ3) is 2.47. The van der Waals surface area contributed by atoms with Gasteiger partial charge < -0.3 is 20.1 Å². The molecular weight excluding hydrogens is 216 g/mol. The van der Waals surface area contributed by atoms with E-state index in [1.54, 1.807) is 14.1 Å². The fourth-order valence-corrected chi connectivity index (χ4v) is 1.35. The zero-order valence-electron chi connectivity index (χ0n) is 8.95. The number of carboxylic acid groups (broad SMARTS) is 1. The number of aromatic nitrogens is 2. The smallest absolute Gasteiger partial charge is 0.406 e. The molecule has 16 heavy (non-hydrogen) atoms. The van der Waals surface area contributed by atoms with E-state index in [2.05, 4.69) is 4.98 Å². The van der Waals surface area contributed by atoms with Crippen LogP contribution in [0.4, 0.5) is 11.6 Å². The molecule has 0 amide bonds. The molecular formula is C8H12N4O4. The Hall–Kier alpha value is -2.12. The number of rotatable bonds is 5. The SMILES string of the molecule is CN(CCC(=O)O)c1c([N+](=O)[O-])ncn1C. The molecule has 1 aromatic rings. The summed E-state index contributed by atoms with van der Waals surface area (Å²) in [6.45, 7) is 0.190. The Morgan fingerprint density at radius 3 is 2.88 bits per heavy atom. The van der Waals surface area contributed by atoms with Crippen molar-refractivity contribution in [2.24, 2.45) is 7.05 Å². The van der Waals surface area contributed by atoms with Crippen LogP contribution < -0.4 is 4.90 Å². The van der Waals surface area contributed by atoms with Crippen molar-refractivity contribution in [2.75, 3.05) is 18.5 Å². The molecule has 0 aliphatic carbocycles. The highest BCUT2D eigenvalue weighted by atomic mass is 16.6. The van der Waals surface area contributed by atoms with E-state index in [9.17, 15) is 14.9 Å². The molecule has 88 valence electrons. The summed E-state index contributed by atoms with van der Waals surface area (Å²) in [6.07, 6.45) is 1.24. The quantitative estimate of drug-likeness (QED) is 0.572. The highest BCUT2D eigenvalue weighted by Gasteiger charge is 2.23. The van der Waals surface area contributed by atoms with Gasteiger partial charge in [0, 0.05) is 20.6 Å². The number of nitro groups is 1. The van der Waals surface area contributed by atoms with Crippen LogP contribution in [-0.2, 0) is 11.8 Å². The summed E-state index contributed by atoms with van der Waals surface area (Å²) in [6, 6.07) is 0. The first kappa shape index (κ1) is 12.0. The molecule has 0 atom stereocenters. The normalized spacial score (nSPS) is 10.1. The number of carboxylic acids is 1. The lowest BCUT2D eigenvalue weighted by Gasteiger charge is -2.16. The molecule has 1 heterocycles. The molecule has 0 saturated carbocycles. The molecule has 0 spiro atoms. The predicted octanol–water partition coefficient (Wildman–Crippen LogP) is 0.239. The number of imidazole rings is 1. The van der Waals surface area contributed by atoms with Crippen LogP contribution >= 0.6 is 0 Å². The van der Waals surface area contributed by atoms with Crippen molar-refractivity contribution >= 4 is 17.6 Å². The van der Waals surface area contributed by atoms with Gasteiger partial charge in [0.1, 0.15) is 0 Å². The lowest BCUT2D eigenvalue weighted by molar-refractivity contribution is -0.388. The number of aliphatic carboxylic acids is 1. The predicted molar refractivity (Wildman–Crippen MR) is 55.4 cm³/mol. The van der Waals surface area contributed by atoms with E-state index in [0.717, 1.165) is 0 Å².